The summed E-state index contributed by atoms with van der Waals surface area (Å²) in [5.74, 6) is 0. The highest BCUT2D eigenvalue weighted by molar-refractivity contribution is 6.76. The highest BCUT2D eigenvalue weighted by Crippen LogP contribution is 2.32. The van der Waals surface area contributed by atoms with Gasteiger partial charge in [-0.15, -0.1) is 11.6 Å². The van der Waals surface area contributed by atoms with E-state index in [9.17, 15) is 0 Å². The zero-order valence-electron chi connectivity index (χ0n) is 9.15. The molecule has 0 saturated carbocycles. The molecule has 1 fully saturated rings. The van der Waals surface area contributed by atoms with Gasteiger partial charge >= 0.3 is 0 Å². The van der Waals surface area contributed by atoms with Gasteiger partial charge in [-0.25, -0.2) is 0 Å². The Kier molecular flexibility index (Phi) is 4.27. The van der Waals surface area contributed by atoms with Crippen LogP contribution < -0.4 is 0 Å². The lowest BCUT2D eigenvalue weighted by atomic mass is 10.3. The first-order valence-electron chi connectivity index (χ1n) is 5.51. The van der Waals surface area contributed by atoms with E-state index >= 15 is 0 Å². The molecule has 0 amide bonds. The fraction of sp³-hybridized carbons (Fsp3) is 1.00. The average Bonchev–Trinajstić information content (AvgIpc) is 2.05. The van der Waals surface area contributed by atoms with E-state index in [4.69, 9.17) is 11.6 Å². The lowest BCUT2D eigenvalue weighted by Gasteiger charge is -2.43. The lowest BCUT2D eigenvalue weighted by Crippen LogP contribution is -2.54. The van der Waals surface area contributed by atoms with Gasteiger partial charge in [-0.2, -0.15) is 0 Å². The van der Waals surface area contributed by atoms with E-state index in [0.717, 1.165) is 6.54 Å². The smallest absolute Gasteiger partial charge is 0.126 e. The van der Waals surface area contributed by atoms with Crippen molar-refractivity contribution in [1.82, 2.24) is 4.57 Å². The van der Waals surface area contributed by atoms with Gasteiger partial charge < -0.3 is 4.57 Å². The monoisotopic (exact) mass is 219 g/mol. The second-order valence-electron chi connectivity index (χ2n) is 4.42. The normalized spacial score (nSPS) is 24.7. The third-order valence-electron chi connectivity index (χ3n) is 3.39. The minimum atomic E-state index is -1.13. The molecule has 0 aromatic rings. The predicted molar refractivity (Wildman–Crippen MR) is 62.8 cm³/mol. The second-order valence-corrected chi connectivity index (χ2v) is 9.62. The minimum Gasteiger partial charge on any atom is -0.309 e. The van der Waals surface area contributed by atoms with Crippen molar-refractivity contribution in [2.75, 3.05) is 6.54 Å². The van der Waals surface area contributed by atoms with Crippen LogP contribution >= 0.6 is 11.6 Å². The Hall–Kier alpha value is 0.467. The van der Waals surface area contributed by atoms with Gasteiger partial charge in [-0.1, -0.05) is 32.7 Å². The molecule has 3 heteroatoms. The number of halogens is 1. The maximum Gasteiger partial charge on any atom is 0.126 e. The number of rotatable bonds is 3. The van der Waals surface area contributed by atoms with Crippen LogP contribution in [0.5, 0.6) is 0 Å². The standard InChI is InChI=1S/C10H22ClNSi/c1-4-12(10(2)11)13(3)8-6-5-7-9-13/h10H,4-9H2,1-3H3. The Morgan fingerprint density at radius 3 is 2.23 bits per heavy atom. The van der Waals surface area contributed by atoms with Crippen LogP contribution in [0.2, 0.25) is 18.6 Å². The van der Waals surface area contributed by atoms with Crippen molar-refractivity contribution in [2.45, 2.75) is 57.2 Å². The van der Waals surface area contributed by atoms with E-state index in [1.54, 1.807) is 0 Å². The van der Waals surface area contributed by atoms with E-state index in [1.165, 1.54) is 31.4 Å². The number of alkyl halides is 1. The molecule has 1 saturated heterocycles. The molecule has 1 heterocycles. The molecule has 0 aliphatic carbocycles. The van der Waals surface area contributed by atoms with Gasteiger partial charge in [-0.3, -0.25) is 0 Å². The van der Waals surface area contributed by atoms with Gasteiger partial charge in [0.05, 0.1) is 5.50 Å². The van der Waals surface area contributed by atoms with Crippen LogP contribution in [0.1, 0.15) is 33.1 Å². The van der Waals surface area contributed by atoms with E-state index in [2.05, 4.69) is 25.0 Å². The Morgan fingerprint density at radius 1 is 1.31 bits per heavy atom. The maximum absolute atomic E-state index is 6.23. The van der Waals surface area contributed by atoms with Gasteiger partial charge in [0.2, 0.25) is 0 Å². The molecular weight excluding hydrogens is 198 g/mol. The molecule has 0 aromatic heterocycles. The average molecular weight is 220 g/mol. The van der Waals surface area contributed by atoms with Crippen molar-refractivity contribution in [3.63, 3.8) is 0 Å². The van der Waals surface area contributed by atoms with Gasteiger partial charge in [-0.05, 0) is 25.6 Å². The summed E-state index contributed by atoms with van der Waals surface area (Å²) in [7, 11) is -1.13. The molecule has 1 aliphatic rings. The molecule has 0 spiro atoms. The Labute approximate surface area is 88.5 Å². The van der Waals surface area contributed by atoms with E-state index in [0.29, 0.717) is 0 Å². The first kappa shape index (κ1) is 11.5. The van der Waals surface area contributed by atoms with Crippen molar-refractivity contribution in [3.05, 3.63) is 0 Å². The second kappa shape index (κ2) is 4.81. The van der Waals surface area contributed by atoms with Crippen molar-refractivity contribution in [2.24, 2.45) is 0 Å². The summed E-state index contributed by atoms with van der Waals surface area (Å²) in [4.78, 5) is 0. The molecule has 0 bridgehead atoms. The van der Waals surface area contributed by atoms with E-state index in [1.807, 2.05) is 0 Å². The van der Waals surface area contributed by atoms with Crippen molar-refractivity contribution < 1.29 is 0 Å². The molecule has 1 rings (SSSR count). The van der Waals surface area contributed by atoms with Crippen molar-refractivity contribution >= 4 is 19.8 Å². The van der Waals surface area contributed by atoms with Crippen LogP contribution in [0.4, 0.5) is 0 Å². The molecule has 1 atom stereocenters. The Morgan fingerprint density at radius 2 is 1.85 bits per heavy atom. The van der Waals surface area contributed by atoms with Crippen LogP contribution in [0, 0.1) is 0 Å². The summed E-state index contributed by atoms with van der Waals surface area (Å²) < 4.78 is 2.58. The minimum absolute atomic E-state index is 0.236. The molecular formula is C10H22ClNSi. The largest absolute Gasteiger partial charge is 0.309 e. The third-order valence-corrected chi connectivity index (χ3v) is 8.75. The zero-order chi connectivity index (χ0) is 9.90. The van der Waals surface area contributed by atoms with Crippen molar-refractivity contribution in [3.8, 4) is 0 Å². The summed E-state index contributed by atoms with van der Waals surface area (Å²) in [6.45, 7) is 8.01. The topological polar surface area (TPSA) is 3.24 Å². The number of hydrogen-bond acceptors (Lipinski definition) is 1. The zero-order valence-corrected chi connectivity index (χ0v) is 10.9. The fourth-order valence-corrected chi connectivity index (χ4v) is 7.98. The third kappa shape index (κ3) is 2.71. The van der Waals surface area contributed by atoms with E-state index in [-0.39, 0.29) is 5.50 Å². The predicted octanol–water partition coefficient (Wildman–Crippen LogP) is 3.65. The molecule has 1 aliphatic heterocycles. The Bertz CT molecular complexity index is 155. The van der Waals surface area contributed by atoms with E-state index < -0.39 is 8.24 Å². The molecule has 1 nitrogen and oxygen atoms in total. The molecule has 1 unspecified atom stereocenters. The SMILES string of the molecule is CCN(C(C)Cl)[Si]1(C)CCCCC1. The molecule has 0 N–H and O–H groups in total. The number of nitrogens with zero attached hydrogens (tertiary/aromatic N) is 1. The summed E-state index contributed by atoms with van der Waals surface area (Å²) >= 11 is 6.23. The molecule has 13 heavy (non-hydrogen) atoms. The summed E-state index contributed by atoms with van der Waals surface area (Å²) in [6, 6.07) is 2.91. The summed E-state index contributed by atoms with van der Waals surface area (Å²) in [5, 5.41) is 0. The fourth-order valence-electron chi connectivity index (χ4n) is 2.66. The van der Waals surface area contributed by atoms with Crippen molar-refractivity contribution in [1.29, 1.82) is 0 Å². The lowest BCUT2D eigenvalue weighted by molar-refractivity contribution is 0.413. The quantitative estimate of drug-likeness (QED) is 0.398. The molecule has 0 radical (unpaired) electrons. The van der Waals surface area contributed by atoms with Gasteiger partial charge in [0.1, 0.15) is 8.24 Å². The van der Waals surface area contributed by atoms with Crippen LogP contribution in [0.3, 0.4) is 0 Å². The molecule has 78 valence electrons. The first-order chi connectivity index (χ1) is 6.10. The highest BCUT2D eigenvalue weighted by Gasteiger charge is 2.36. The van der Waals surface area contributed by atoms with Gasteiger partial charge in [0.15, 0.2) is 0 Å². The Balaban J connectivity index is 2.63. The van der Waals surface area contributed by atoms with Crippen LogP contribution in [-0.2, 0) is 0 Å². The maximum atomic E-state index is 6.23. The summed E-state index contributed by atoms with van der Waals surface area (Å²) in [5.41, 5.74) is 0.236. The number of hydrogen-bond donors (Lipinski definition) is 0. The first-order valence-corrected chi connectivity index (χ1v) is 8.81. The van der Waals surface area contributed by atoms with Crippen LogP contribution in [-0.4, -0.2) is 24.8 Å². The highest BCUT2D eigenvalue weighted by atomic mass is 35.5. The van der Waals surface area contributed by atoms with Crippen LogP contribution in [0.25, 0.3) is 0 Å². The van der Waals surface area contributed by atoms with Gasteiger partial charge in [0, 0.05) is 0 Å². The van der Waals surface area contributed by atoms with Crippen LogP contribution in [0.15, 0.2) is 0 Å². The molecule has 0 aromatic carbocycles. The van der Waals surface area contributed by atoms with Gasteiger partial charge in [0.25, 0.3) is 0 Å². The summed E-state index contributed by atoms with van der Waals surface area (Å²) in [6.07, 6.45) is 4.31.